The van der Waals surface area contributed by atoms with Crippen LogP contribution in [0.2, 0.25) is 0 Å². The number of pyridine rings is 1. The molecule has 0 bridgehead atoms. The Morgan fingerprint density at radius 2 is 2.00 bits per heavy atom. The Kier molecular flexibility index (Phi) is 5.90. The Hall–Kier alpha value is -2.73. The number of hydrogen-bond acceptors (Lipinski definition) is 4. The fourth-order valence-electron chi connectivity index (χ4n) is 4.67. The molecule has 0 aliphatic carbocycles. The molecule has 2 N–H and O–H groups in total. The van der Waals surface area contributed by atoms with Gasteiger partial charge in [-0.1, -0.05) is 30.3 Å². The molecule has 1 aromatic carbocycles. The predicted molar refractivity (Wildman–Crippen MR) is 111 cm³/mol. The van der Waals surface area contributed by atoms with Gasteiger partial charge in [0.25, 0.3) is 5.91 Å². The number of nitrogens with zero attached hydrogens (tertiary/aromatic N) is 2. The van der Waals surface area contributed by atoms with Crippen LogP contribution in [-0.4, -0.2) is 52.9 Å². The van der Waals surface area contributed by atoms with Gasteiger partial charge in [0, 0.05) is 31.5 Å². The fraction of sp³-hybridized carbons (Fsp3) is 0.435. The van der Waals surface area contributed by atoms with Crippen LogP contribution in [0, 0.1) is 0 Å². The molecular weight excluding hydrogens is 364 g/mol. The van der Waals surface area contributed by atoms with Crippen molar-refractivity contribution < 1.29 is 9.59 Å². The molecule has 1 aromatic heterocycles. The van der Waals surface area contributed by atoms with Crippen LogP contribution in [0.15, 0.2) is 54.9 Å². The first-order chi connectivity index (χ1) is 14.2. The summed E-state index contributed by atoms with van der Waals surface area (Å²) in [5.41, 5.74) is 1.28. The first-order valence-electron chi connectivity index (χ1n) is 10.5. The molecule has 2 aliphatic heterocycles. The third kappa shape index (κ3) is 4.32. The number of aromatic nitrogens is 1. The van der Waals surface area contributed by atoms with Gasteiger partial charge in [-0.2, -0.15) is 0 Å². The van der Waals surface area contributed by atoms with E-state index >= 15 is 0 Å². The highest BCUT2D eigenvalue weighted by atomic mass is 16.2. The third-order valence-electron chi connectivity index (χ3n) is 6.12. The number of hydrogen-bond donors (Lipinski definition) is 2. The predicted octanol–water partition coefficient (Wildman–Crippen LogP) is 2.17. The molecule has 4 rings (SSSR count). The minimum absolute atomic E-state index is 0.0271. The highest BCUT2D eigenvalue weighted by Gasteiger charge is 2.52. The van der Waals surface area contributed by atoms with E-state index in [1.807, 2.05) is 18.2 Å². The molecule has 3 heterocycles. The topological polar surface area (TPSA) is 74.3 Å². The van der Waals surface area contributed by atoms with Crippen LogP contribution in [0.3, 0.4) is 0 Å². The monoisotopic (exact) mass is 392 g/mol. The van der Waals surface area contributed by atoms with Crippen molar-refractivity contribution in [3.8, 4) is 0 Å². The van der Waals surface area contributed by atoms with Crippen molar-refractivity contribution in [2.75, 3.05) is 19.6 Å². The molecular formula is C23H28N4O2. The van der Waals surface area contributed by atoms with Crippen LogP contribution in [0.4, 0.5) is 0 Å². The zero-order valence-corrected chi connectivity index (χ0v) is 16.6. The lowest BCUT2D eigenvalue weighted by molar-refractivity contribution is -0.133. The summed E-state index contributed by atoms with van der Waals surface area (Å²) in [5, 5.41) is 6.28. The van der Waals surface area contributed by atoms with E-state index in [0.717, 1.165) is 38.8 Å². The molecule has 2 amide bonds. The first kappa shape index (κ1) is 19.6. The molecule has 6 heteroatoms. The Morgan fingerprint density at radius 3 is 2.79 bits per heavy atom. The number of carbonyl (C=O) groups excluding carboxylic acids is 2. The number of nitrogens with one attached hydrogen (secondary N) is 2. The Bertz CT molecular complexity index is 842. The summed E-state index contributed by atoms with van der Waals surface area (Å²) in [4.78, 5) is 32.1. The zero-order chi connectivity index (χ0) is 20.1. The standard InChI is InChI=1S/C23H28N4O2/c28-21(19-9-6-12-24-16-19)26-20-15-23(11-4-5-14-27(23)17-20)22(29)25-13-10-18-7-2-1-3-8-18/h1-3,6-9,12,16,20H,4-5,10-11,13-15,17H2,(H,25,29)(H,26,28)/t20-,23+/m0/s1. The van der Waals surface area contributed by atoms with Crippen molar-refractivity contribution in [2.24, 2.45) is 0 Å². The van der Waals surface area contributed by atoms with Crippen molar-refractivity contribution in [1.29, 1.82) is 0 Å². The van der Waals surface area contributed by atoms with Gasteiger partial charge in [-0.25, -0.2) is 0 Å². The summed E-state index contributed by atoms with van der Waals surface area (Å²) in [6, 6.07) is 13.7. The first-order valence-corrected chi connectivity index (χ1v) is 10.5. The van der Waals surface area contributed by atoms with E-state index in [4.69, 9.17) is 0 Å². The molecule has 29 heavy (non-hydrogen) atoms. The van der Waals surface area contributed by atoms with Crippen LogP contribution < -0.4 is 10.6 Å². The van der Waals surface area contributed by atoms with Crippen molar-refractivity contribution in [3.05, 3.63) is 66.0 Å². The summed E-state index contributed by atoms with van der Waals surface area (Å²) >= 11 is 0. The van der Waals surface area contributed by atoms with Gasteiger partial charge in [-0.05, 0) is 56.3 Å². The van der Waals surface area contributed by atoms with Crippen molar-refractivity contribution in [2.45, 2.75) is 43.7 Å². The molecule has 2 saturated heterocycles. The Labute approximate surface area is 171 Å². The maximum absolute atomic E-state index is 13.2. The number of carbonyl (C=O) groups is 2. The van der Waals surface area contributed by atoms with E-state index in [2.05, 4.69) is 32.7 Å². The van der Waals surface area contributed by atoms with Gasteiger partial charge in [0.2, 0.25) is 5.91 Å². The SMILES string of the molecule is O=C(N[C@@H]1CN2CCCC[C@]2(C(=O)NCCc2ccccc2)C1)c1cccnc1. The second kappa shape index (κ2) is 8.74. The van der Waals surface area contributed by atoms with E-state index in [-0.39, 0.29) is 17.9 Å². The van der Waals surface area contributed by atoms with Gasteiger partial charge >= 0.3 is 0 Å². The van der Waals surface area contributed by atoms with Gasteiger partial charge in [-0.3, -0.25) is 19.5 Å². The second-order valence-electron chi connectivity index (χ2n) is 8.04. The minimum Gasteiger partial charge on any atom is -0.354 e. The van der Waals surface area contributed by atoms with E-state index in [9.17, 15) is 9.59 Å². The lowest BCUT2D eigenvalue weighted by Gasteiger charge is -2.40. The summed E-state index contributed by atoms with van der Waals surface area (Å²) < 4.78 is 0. The third-order valence-corrected chi connectivity index (χ3v) is 6.12. The lowest BCUT2D eigenvalue weighted by Crippen LogP contribution is -2.57. The largest absolute Gasteiger partial charge is 0.354 e. The maximum Gasteiger partial charge on any atom is 0.253 e. The normalized spacial score (nSPS) is 23.9. The van der Waals surface area contributed by atoms with Gasteiger partial charge in [0.1, 0.15) is 5.54 Å². The van der Waals surface area contributed by atoms with Crippen molar-refractivity contribution in [1.82, 2.24) is 20.5 Å². The van der Waals surface area contributed by atoms with Crippen LogP contribution in [0.5, 0.6) is 0 Å². The van der Waals surface area contributed by atoms with E-state index < -0.39 is 5.54 Å². The summed E-state index contributed by atoms with van der Waals surface area (Å²) in [6.07, 6.45) is 7.71. The number of fused-ring (bicyclic) bond motifs is 1. The molecule has 2 fully saturated rings. The molecule has 2 atom stereocenters. The van der Waals surface area contributed by atoms with Crippen molar-refractivity contribution in [3.63, 3.8) is 0 Å². The fourth-order valence-corrected chi connectivity index (χ4v) is 4.67. The summed E-state index contributed by atoms with van der Waals surface area (Å²) in [6.45, 7) is 2.26. The Morgan fingerprint density at radius 1 is 1.14 bits per heavy atom. The molecule has 0 saturated carbocycles. The number of rotatable bonds is 6. The van der Waals surface area contributed by atoms with Crippen LogP contribution >= 0.6 is 0 Å². The van der Waals surface area contributed by atoms with E-state index in [0.29, 0.717) is 18.5 Å². The van der Waals surface area contributed by atoms with Gasteiger partial charge < -0.3 is 10.6 Å². The molecule has 0 spiro atoms. The molecule has 0 unspecified atom stereocenters. The Balaban J connectivity index is 1.39. The van der Waals surface area contributed by atoms with Gasteiger partial charge in [-0.15, -0.1) is 0 Å². The highest BCUT2D eigenvalue weighted by Crippen LogP contribution is 2.38. The summed E-state index contributed by atoms with van der Waals surface area (Å²) in [5.74, 6) is -0.0196. The average Bonchev–Trinajstić information content (AvgIpc) is 3.14. The highest BCUT2D eigenvalue weighted by molar-refractivity contribution is 5.94. The van der Waals surface area contributed by atoms with Gasteiger partial charge in [0.15, 0.2) is 0 Å². The maximum atomic E-state index is 13.2. The molecule has 0 radical (unpaired) electrons. The molecule has 2 aromatic rings. The zero-order valence-electron chi connectivity index (χ0n) is 16.6. The van der Waals surface area contributed by atoms with Crippen LogP contribution in [-0.2, 0) is 11.2 Å². The van der Waals surface area contributed by atoms with Crippen molar-refractivity contribution >= 4 is 11.8 Å². The molecule has 2 aliphatic rings. The van der Waals surface area contributed by atoms with Crippen LogP contribution in [0.1, 0.15) is 41.6 Å². The quantitative estimate of drug-likeness (QED) is 0.790. The van der Waals surface area contributed by atoms with E-state index in [1.165, 1.54) is 5.56 Å². The lowest BCUT2D eigenvalue weighted by atomic mass is 9.84. The number of amides is 2. The molecule has 152 valence electrons. The molecule has 6 nitrogen and oxygen atoms in total. The van der Waals surface area contributed by atoms with Crippen LogP contribution in [0.25, 0.3) is 0 Å². The van der Waals surface area contributed by atoms with Gasteiger partial charge in [0.05, 0.1) is 5.56 Å². The number of benzene rings is 1. The summed E-state index contributed by atoms with van der Waals surface area (Å²) in [7, 11) is 0. The average molecular weight is 393 g/mol. The second-order valence-corrected chi connectivity index (χ2v) is 8.04. The number of piperidine rings is 1. The van der Waals surface area contributed by atoms with E-state index in [1.54, 1.807) is 24.5 Å². The smallest absolute Gasteiger partial charge is 0.253 e. The minimum atomic E-state index is -0.498.